The third-order valence-electron chi connectivity index (χ3n) is 6.10. The number of hydrogen-bond donors (Lipinski definition) is 1. The highest BCUT2D eigenvalue weighted by Crippen LogP contribution is 2.56. The van der Waals surface area contributed by atoms with E-state index in [1.54, 1.807) is 7.11 Å². The standard InChI is InChI=1S/C28H24O4/c1-30-19-32-23-16-12-21(13-17-23)28(20-10-14-22(15-11-20)31-18-29)26-8-4-2-6-24(26)25-7-3-5-9-27(25)28/h2-17,29H,18-19H2,1H3. The number of benzene rings is 4. The maximum Gasteiger partial charge on any atom is 0.188 e. The average Bonchev–Trinajstić information content (AvgIpc) is 3.15. The van der Waals surface area contributed by atoms with E-state index in [9.17, 15) is 0 Å². The van der Waals surface area contributed by atoms with Crippen molar-refractivity contribution in [3.05, 3.63) is 119 Å². The van der Waals surface area contributed by atoms with Crippen molar-refractivity contribution < 1.29 is 19.3 Å². The highest BCUT2D eigenvalue weighted by molar-refractivity contribution is 5.86. The molecule has 0 fully saturated rings. The van der Waals surface area contributed by atoms with Gasteiger partial charge in [-0.05, 0) is 57.6 Å². The van der Waals surface area contributed by atoms with Gasteiger partial charge in [-0.25, -0.2) is 0 Å². The van der Waals surface area contributed by atoms with Crippen molar-refractivity contribution in [1.29, 1.82) is 0 Å². The van der Waals surface area contributed by atoms with E-state index >= 15 is 0 Å². The van der Waals surface area contributed by atoms with Gasteiger partial charge in [-0.15, -0.1) is 0 Å². The quantitative estimate of drug-likeness (QED) is 0.357. The number of aliphatic hydroxyl groups excluding tert-OH is 1. The second-order valence-electron chi connectivity index (χ2n) is 7.71. The zero-order chi connectivity index (χ0) is 22.0. The Balaban J connectivity index is 1.76. The third kappa shape index (κ3) is 3.16. The maximum atomic E-state index is 9.13. The molecule has 1 N–H and O–H groups in total. The summed E-state index contributed by atoms with van der Waals surface area (Å²) in [7, 11) is 1.61. The molecule has 0 unspecified atom stereocenters. The Hall–Kier alpha value is -3.60. The zero-order valence-corrected chi connectivity index (χ0v) is 17.8. The SMILES string of the molecule is COCOc1ccc(C2(c3ccc(OCO)cc3)c3ccccc3-c3ccccc32)cc1. The summed E-state index contributed by atoms with van der Waals surface area (Å²) in [5.74, 6) is 1.39. The van der Waals surface area contributed by atoms with Crippen LogP contribution < -0.4 is 9.47 Å². The van der Waals surface area contributed by atoms with Gasteiger partial charge >= 0.3 is 0 Å². The first-order valence-electron chi connectivity index (χ1n) is 10.5. The van der Waals surface area contributed by atoms with Gasteiger partial charge in [0.15, 0.2) is 13.6 Å². The summed E-state index contributed by atoms with van der Waals surface area (Å²) in [5.41, 5.74) is 6.74. The van der Waals surface area contributed by atoms with Gasteiger partial charge in [-0.2, -0.15) is 0 Å². The molecular weight excluding hydrogens is 400 g/mol. The molecule has 4 aromatic rings. The first kappa shape index (κ1) is 20.3. The minimum Gasteiger partial charge on any atom is -0.468 e. The Morgan fingerprint density at radius 2 is 1.09 bits per heavy atom. The van der Waals surface area contributed by atoms with Crippen LogP contribution in [-0.2, 0) is 10.2 Å². The Morgan fingerprint density at radius 1 is 0.625 bits per heavy atom. The summed E-state index contributed by atoms with van der Waals surface area (Å²) in [6, 6.07) is 33.4. The highest BCUT2D eigenvalue weighted by atomic mass is 16.7. The second kappa shape index (κ2) is 8.50. The van der Waals surface area contributed by atoms with Crippen LogP contribution in [0.3, 0.4) is 0 Å². The molecule has 0 aromatic heterocycles. The Bertz CT molecular complexity index is 1170. The predicted molar refractivity (Wildman–Crippen MR) is 124 cm³/mol. The van der Waals surface area contributed by atoms with E-state index < -0.39 is 5.41 Å². The number of aliphatic hydroxyl groups is 1. The summed E-state index contributed by atoms with van der Waals surface area (Å²) >= 11 is 0. The fraction of sp³-hybridized carbons (Fsp3) is 0.143. The lowest BCUT2D eigenvalue weighted by Gasteiger charge is -2.34. The molecule has 160 valence electrons. The van der Waals surface area contributed by atoms with Crippen LogP contribution in [0.5, 0.6) is 11.5 Å². The van der Waals surface area contributed by atoms with Crippen LogP contribution in [0.15, 0.2) is 97.1 Å². The summed E-state index contributed by atoms with van der Waals surface area (Å²) < 4.78 is 15.9. The third-order valence-corrected chi connectivity index (χ3v) is 6.10. The molecule has 0 atom stereocenters. The van der Waals surface area contributed by atoms with Crippen LogP contribution in [0.1, 0.15) is 22.3 Å². The van der Waals surface area contributed by atoms with E-state index in [0.717, 1.165) is 16.9 Å². The van der Waals surface area contributed by atoms with Gasteiger partial charge in [0.1, 0.15) is 11.5 Å². The molecule has 0 spiro atoms. The number of hydrogen-bond acceptors (Lipinski definition) is 4. The van der Waals surface area contributed by atoms with Gasteiger partial charge in [0.2, 0.25) is 0 Å². The van der Waals surface area contributed by atoms with E-state index in [1.807, 2.05) is 24.3 Å². The van der Waals surface area contributed by atoms with Gasteiger partial charge in [-0.3, -0.25) is 0 Å². The molecule has 1 aliphatic rings. The van der Waals surface area contributed by atoms with Crippen LogP contribution in [-0.4, -0.2) is 25.8 Å². The Morgan fingerprint density at radius 3 is 1.56 bits per heavy atom. The van der Waals surface area contributed by atoms with Crippen LogP contribution in [0, 0.1) is 0 Å². The van der Waals surface area contributed by atoms with Crippen LogP contribution in [0.4, 0.5) is 0 Å². The maximum absolute atomic E-state index is 9.13. The molecule has 4 nitrogen and oxygen atoms in total. The molecule has 0 saturated carbocycles. The number of methoxy groups -OCH3 is 1. The van der Waals surface area contributed by atoms with Crippen molar-refractivity contribution in [2.24, 2.45) is 0 Å². The summed E-state index contributed by atoms with van der Waals surface area (Å²) in [6.07, 6.45) is 0. The number of fused-ring (bicyclic) bond motifs is 3. The van der Waals surface area contributed by atoms with Gasteiger partial charge in [0, 0.05) is 7.11 Å². The number of rotatable bonds is 7. The molecule has 0 heterocycles. The topological polar surface area (TPSA) is 47.9 Å². The minimum absolute atomic E-state index is 0.211. The lowest BCUT2D eigenvalue weighted by Crippen LogP contribution is -2.28. The van der Waals surface area contributed by atoms with E-state index in [1.165, 1.54) is 22.3 Å². The fourth-order valence-electron chi connectivity index (χ4n) is 4.83. The van der Waals surface area contributed by atoms with Gasteiger partial charge in [0.05, 0.1) is 5.41 Å². The van der Waals surface area contributed by atoms with E-state index in [-0.39, 0.29) is 13.6 Å². The zero-order valence-electron chi connectivity index (χ0n) is 17.8. The molecule has 5 rings (SSSR count). The molecule has 0 saturated heterocycles. The first-order chi connectivity index (χ1) is 15.8. The van der Waals surface area contributed by atoms with Crippen molar-refractivity contribution >= 4 is 0 Å². The monoisotopic (exact) mass is 424 g/mol. The molecule has 4 aromatic carbocycles. The number of ether oxygens (including phenoxy) is 3. The molecule has 32 heavy (non-hydrogen) atoms. The molecule has 0 radical (unpaired) electrons. The summed E-state index contributed by atoms with van der Waals surface area (Å²) in [5, 5.41) is 9.13. The van der Waals surface area contributed by atoms with E-state index in [2.05, 4.69) is 72.8 Å². The van der Waals surface area contributed by atoms with Gasteiger partial charge in [0.25, 0.3) is 0 Å². The smallest absolute Gasteiger partial charge is 0.188 e. The largest absolute Gasteiger partial charge is 0.468 e. The second-order valence-corrected chi connectivity index (χ2v) is 7.71. The van der Waals surface area contributed by atoms with Crippen molar-refractivity contribution in [3.63, 3.8) is 0 Å². The molecule has 0 aliphatic heterocycles. The fourth-order valence-corrected chi connectivity index (χ4v) is 4.83. The van der Waals surface area contributed by atoms with E-state index in [0.29, 0.717) is 5.75 Å². The van der Waals surface area contributed by atoms with Crippen LogP contribution >= 0.6 is 0 Å². The first-order valence-corrected chi connectivity index (χ1v) is 10.5. The van der Waals surface area contributed by atoms with Gasteiger partial charge in [-0.1, -0.05) is 72.8 Å². The van der Waals surface area contributed by atoms with Crippen LogP contribution in [0.25, 0.3) is 11.1 Å². The predicted octanol–water partition coefficient (Wildman–Crippen LogP) is 5.36. The van der Waals surface area contributed by atoms with Crippen molar-refractivity contribution in [2.45, 2.75) is 5.41 Å². The Kier molecular flexibility index (Phi) is 5.39. The van der Waals surface area contributed by atoms with E-state index in [4.69, 9.17) is 19.3 Å². The normalized spacial score (nSPS) is 13.3. The average molecular weight is 424 g/mol. The summed E-state index contributed by atoms with van der Waals surface area (Å²) in [6.45, 7) is -0.137. The van der Waals surface area contributed by atoms with Crippen molar-refractivity contribution in [2.75, 3.05) is 20.7 Å². The van der Waals surface area contributed by atoms with Gasteiger partial charge < -0.3 is 19.3 Å². The minimum atomic E-state index is -0.481. The molecule has 0 bridgehead atoms. The molecule has 0 amide bonds. The van der Waals surface area contributed by atoms with Crippen molar-refractivity contribution in [3.8, 4) is 22.6 Å². The molecule has 4 heteroatoms. The molecular formula is C28H24O4. The van der Waals surface area contributed by atoms with Crippen LogP contribution in [0.2, 0.25) is 0 Å². The summed E-state index contributed by atoms with van der Waals surface area (Å²) in [4.78, 5) is 0. The Labute approximate surface area is 187 Å². The lowest BCUT2D eigenvalue weighted by atomic mass is 9.68. The molecule has 1 aliphatic carbocycles. The lowest BCUT2D eigenvalue weighted by molar-refractivity contribution is 0.0511. The van der Waals surface area contributed by atoms with Crippen molar-refractivity contribution in [1.82, 2.24) is 0 Å². The highest BCUT2D eigenvalue weighted by Gasteiger charge is 2.45.